The highest BCUT2D eigenvalue weighted by molar-refractivity contribution is 5.84. The van der Waals surface area contributed by atoms with Crippen LogP contribution in [0.15, 0.2) is 72.9 Å². The van der Waals surface area contributed by atoms with E-state index in [9.17, 15) is 9.18 Å². The van der Waals surface area contributed by atoms with E-state index in [1.807, 2.05) is 21.8 Å². The molecule has 0 unspecified atom stereocenters. The van der Waals surface area contributed by atoms with Gasteiger partial charge in [0.05, 0.1) is 17.4 Å². The van der Waals surface area contributed by atoms with Crippen molar-refractivity contribution >= 4 is 16.8 Å². The number of ether oxygens (including phenoxy) is 1. The molecule has 5 nitrogen and oxygen atoms in total. The number of aromatic nitrogens is 2. The molecule has 3 atom stereocenters. The highest BCUT2D eigenvalue weighted by Crippen LogP contribution is 2.69. The number of nitrogens with zero attached hydrogens (tertiary/aromatic N) is 3. The molecule has 2 heterocycles. The van der Waals surface area contributed by atoms with Gasteiger partial charge in [-0.05, 0) is 65.9 Å². The van der Waals surface area contributed by atoms with Crippen molar-refractivity contribution < 1.29 is 13.9 Å². The summed E-state index contributed by atoms with van der Waals surface area (Å²) in [4.78, 5) is 14.6. The van der Waals surface area contributed by atoms with E-state index in [1.165, 1.54) is 28.8 Å². The highest BCUT2D eigenvalue weighted by Gasteiger charge is 2.70. The Bertz CT molecular complexity index is 1380. The number of hydrogen-bond acceptors (Lipinski definition) is 3. The van der Waals surface area contributed by atoms with Crippen LogP contribution >= 0.6 is 0 Å². The molecular weight excluding hydrogens is 429 g/mol. The van der Waals surface area contributed by atoms with Crippen LogP contribution in [0.3, 0.4) is 0 Å². The Morgan fingerprint density at radius 1 is 1.15 bits per heavy atom. The standard InChI is InChI=1S/C28H26FN3O2/c1-18-12-25-20(14-30-32(25)22-10-8-21(29)9-11-22)13-23(18)28-17-31(26(33)16-34-2)15-24(28)27(28)19-6-4-3-5-7-19/h3-14,24,27H,15-17H2,1-2H3/t24-,27-,28+/m1/s1. The van der Waals surface area contributed by atoms with Gasteiger partial charge in [-0.2, -0.15) is 5.10 Å². The third-order valence-corrected chi connectivity index (χ3v) is 7.65. The van der Waals surface area contributed by atoms with Crippen LogP contribution in [-0.4, -0.2) is 47.4 Å². The number of carbonyl (C=O) groups excluding carboxylic acids is 1. The number of aryl methyl sites for hydroxylation is 1. The van der Waals surface area contributed by atoms with Crippen LogP contribution in [-0.2, 0) is 14.9 Å². The molecule has 0 radical (unpaired) electrons. The van der Waals surface area contributed by atoms with E-state index in [0.29, 0.717) is 18.4 Å². The second-order valence-electron chi connectivity index (χ2n) is 9.50. The maximum absolute atomic E-state index is 13.4. The van der Waals surface area contributed by atoms with Gasteiger partial charge in [0.15, 0.2) is 0 Å². The average molecular weight is 456 g/mol. The number of hydrogen-bond donors (Lipinski definition) is 0. The van der Waals surface area contributed by atoms with Gasteiger partial charge in [-0.1, -0.05) is 30.3 Å². The van der Waals surface area contributed by atoms with Crippen LogP contribution in [0.4, 0.5) is 4.39 Å². The number of amides is 1. The third kappa shape index (κ3) is 3.09. The van der Waals surface area contributed by atoms with Gasteiger partial charge in [0, 0.05) is 36.9 Å². The number of carbonyl (C=O) groups is 1. The number of fused-ring (bicyclic) bond motifs is 2. The van der Waals surface area contributed by atoms with Crippen LogP contribution in [0.2, 0.25) is 0 Å². The van der Waals surface area contributed by atoms with Gasteiger partial charge in [0.2, 0.25) is 5.91 Å². The number of likely N-dealkylation sites (tertiary alicyclic amines) is 1. The molecule has 1 aromatic heterocycles. The Labute approximate surface area is 197 Å². The van der Waals surface area contributed by atoms with Gasteiger partial charge >= 0.3 is 0 Å². The van der Waals surface area contributed by atoms with Crippen molar-refractivity contribution in [1.29, 1.82) is 0 Å². The van der Waals surface area contributed by atoms with E-state index >= 15 is 0 Å². The molecule has 0 spiro atoms. The predicted octanol–water partition coefficient (Wildman–Crippen LogP) is 4.61. The molecule has 172 valence electrons. The highest BCUT2D eigenvalue weighted by atomic mass is 19.1. The Hall–Kier alpha value is -3.51. The summed E-state index contributed by atoms with van der Waals surface area (Å²) in [6.07, 6.45) is 1.87. The minimum absolute atomic E-state index is 0.0451. The lowest BCUT2D eigenvalue weighted by molar-refractivity contribution is -0.134. The summed E-state index contributed by atoms with van der Waals surface area (Å²) in [6.45, 7) is 3.69. The Kier molecular flexibility index (Phi) is 4.81. The molecule has 6 heteroatoms. The molecule has 1 aliphatic heterocycles. The zero-order valence-electron chi connectivity index (χ0n) is 19.2. The van der Waals surface area contributed by atoms with Crippen LogP contribution < -0.4 is 0 Å². The first kappa shape index (κ1) is 21.1. The summed E-state index contributed by atoms with van der Waals surface area (Å²) in [5, 5.41) is 5.64. The zero-order chi connectivity index (χ0) is 23.4. The number of rotatable bonds is 5. The lowest BCUT2D eigenvalue weighted by atomic mass is 9.86. The predicted molar refractivity (Wildman–Crippen MR) is 129 cm³/mol. The quantitative estimate of drug-likeness (QED) is 0.442. The van der Waals surface area contributed by atoms with Gasteiger partial charge in [-0.25, -0.2) is 9.07 Å². The molecule has 1 amide bonds. The van der Waals surface area contributed by atoms with Gasteiger partial charge in [-0.3, -0.25) is 4.79 Å². The van der Waals surface area contributed by atoms with Gasteiger partial charge < -0.3 is 9.64 Å². The lowest BCUT2D eigenvalue weighted by Crippen LogP contribution is -2.36. The minimum atomic E-state index is -0.265. The molecule has 2 fully saturated rings. The first-order valence-corrected chi connectivity index (χ1v) is 11.6. The van der Waals surface area contributed by atoms with E-state index in [1.54, 1.807) is 19.2 Å². The summed E-state index contributed by atoms with van der Waals surface area (Å²) in [6, 6.07) is 21.4. The molecule has 1 saturated carbocycles. The van der Waals surface area contributed by atoms with Crippen molar-refractivity contribution in [2.45, 2.75) is 18.3 Å². The number of methoxy groups -OCH3 is 1. The zero-order valence-corrected chi connectivity index (χ0v) is 19.2. The largest absolute Gasteiger partial charge is 0.375 e. The molecule has 1 aliphatic carbocycles. The fraction of sp³-hybridized carbons (Fsp3) is 0.286. The van der Waals surface area contributed by atoms with Crippen LogP contribution in [0.1, 0.15) is 22.6 Å². The average Bonchev–Trinajstić information content (AvgIpc) is 3.11. The van der Waals surface area contributed by atoms with Crippen LogP contribution in [0.25, 0.3) is 16.6 Å². The van der Waals surface area contributed by atoms with Crippen molar-refractivity contribution in [2.75, 3.05) is 26.8 Å². The second kappa shape index (κ2) is 7.77. The van der Waals surface area contributed by atoms with Crippen molar-refractivity contribution in [3.8, 4) is 5.69 Å². The molecule has 3 aromatic carbocycles. The summed E-state index contributed by atoms with van der Waals surface area (Å²) in [5.74, 6) is 0.532. The summed E-state index contributed by atoms with van der Waals surface area (Å²) < 4.78 is 20.4. The fourth-order valence-corrected chi connectivity index (χ4v) is 6.14. The second-order valence-corrected chi connectivity index (χ2v) is 9.50. The summed E-state index contributed by atoms with van der Waals surface area (Å²) in [7, 11) is 1.56. The van der Waals surface area contributed by atoms with Crippen molar-refractivity contribution in [3.05, 3.63) is 95.4 Å². The number of benzene rings is 3. The van der Waals surface area contributed by atoms with Crippen molar-refractivity contribution in [1.82, 2.24) is 14.7 Å². The van der Waals surface area contributed by atoms with E-state index in [0.717, 1.165) is 23.1 Å². The first-order chi connectivity index (χ1) is 16.5. The Morgan fingerprint density at radius 2 is 1.91 bits per heavy atom. The Morgan fingerprint density at radius 3 is 2.65 bits per heavy atom. The van der Waals surface area contributed by atoms with Crippen molar-refractivity contribution in [2.24, 2.45) is 5.92 Å². The molecule has 2 aliphatic rings. The smallest absolute Gasteiger partial charge is 0.248 e. The fourth-order valence-electron chi connectivity index (χ4n) is 6.14. The third-order valence-electron chi connectivity index (χ3n) is 7.65. The van der Waals surface area contributed by atoms with Crippen molar-refractivity contribution in [3.63, 3.8) is 0 Å². The lowest BCUT2D eigenvalue weighted by Gasteiger charge is -2.25. The monoisotopic (exact) mass is 455 g/mol. The van der Waals surface area contributed by atoms with Gasteiger partial charge in [0.1, 0.15) is 12.4 Å². The first-order valence-electron chi connectivity index (χ1n) is 11.6. The molecule has 4 aromatic rings. The van der Waals surface area contributed by atoms with E-state index in [2.05, 4.69) is 48.4 Å². The Balaban J connectivity index is 1.44. The van der Waals surface area contributed by atoms with E-state index < -0.39 is 0 Å². The summed E-state index contributed by atoms with van der Waals surface area (Å²) in [5.41, 5.74) is 5.49. The molecule has 1 saturated heterocycles. The van der Waals surface area contributed by atoms with Crippen LogP contribution in [0.5, 0.6) is 0 Å². The maximum Gasteiger partial charge on any atom is 0.248 e. The molecule has 0 bridgehead atoms. The molecule has 34 heavy (non-hydrogen) atoms. The van der Waals surface area contributed by atoms with Crippen LogP contribution in [0, 0.1) is 18.7 Å². The maximum atomic E-state index is 13.4. The molecule has 6 rings (SSSR count). The molecule has 0 N–H and O–H groups in total. The number of halogens is 1. The normalized spacial score (nSPS) is 23.3. The van der Waals surface area contributed by atoms with Gasteiger partial charge in [0.25, 0.3) is 0 Å². The molecular formula is C28H26FN3O2. The summed E-state index contributed by atoms with van der Waals surface area (Å²) >= 11 is 0. The minimum Gasteiger partial charge on any atom is -0.375 e. The topological polar surface area (TPSA) is 47.4 Å². The van der Waals surface area contributed by atoms with E-state index in [4.69, 9.17) is 4.74 Å². The van der Waals surface area contributed by atoms with E-state index in [-0.39, 0.29) is 23.7 Å². The number of piperidine rings is 1. The van der Waals surface area contributed by atoms with Gasteiger partial charge in [-0.15, -0.1) is 0 Å². The SMILES string of the molecule is COCC(=O)N1C[C@@H]2[C@@H](c3ccccc3)[C@]2(c2cc3cnn(-c4ccc(F)cc4)c3cc2C)C1.